The maximum absolute atomic E-state index is 5.68. The van der Waals surface area contributed by atoms with Crippen molar-refractivity contribution in [1.29, 1.82) is 0 Å². The molecule has 3 rings (SSSR count). The van der Waals surface area contributed by atoms with Gasteiger partial charge in [0, 0.05) is 10.7 Å². The van der Waals surface area contributed by atoms with Crippen molar-refractivity contribution in [1.82, 2.24) is 14.6 Å². The highest BCUT2D eigenvalue weighted by atomic mass is 79.9. The van der Waals surface area contributed by atoms with Gasteiger partial charge in [0.25, 0.3) is 0 Å². The molecular weight excluding hydrogens is 306 g/mol. The summed E-state index contributed by atoms with van der Waals surface area (Å²) in [5.41, 5.74) is 1.98. The summed E-state index contributed by atoms with van der Waals surface area (Å²) in [6, 6.07) is 11.8. The molecule has 0 aliphatic heterocycles. The summed E-state index contributed by atoms with van der Waals surface area (Å²) < 4.78 is 8.39. The van der Waals surface area contributed by atoms with Crippen LogP contribution in [-0.2, 0) is 6.61 Å². The summed E-state index contributed by atoms with van der Waals surface area (Å²) in [4.78, 5) is 4.40. The number of pyridine rings is 1. The standard InChI is InChI=1S/C14H12BrN3O/c1-10-3-2-4-12(7-10)19-9-13-16-14-6-5-11(15)8-18(14)17-13/h2-8H,9H2,1H3. The Hall–Kier alpha value is -1.88. The van der Waals surface area contributed by atoms with E-state index in [1.807, 2.05) is 49.5 Å². The van der Waals surface area contributed by atoms with E-state index in [1.54, 1.807) is 4.52 Å². The van der Waals surface area contributed by atoms with Crippen LogP contribution in [0.15, 0.2) is 47.1 Å². The van der Waals surface area contributed by atoms with Gasteiger partial charge in [-0.3, -0.25) is 0 Å². The first kappa shape index (κ1) is 12.2. The maximum Gasteiger partial charge on any atom is 0.189 e. The Labute approximate surface area is 119 Å². The Kier molecular flexibility index (Phi) is 3.21. The lowest BCUT2D eigenvalue weighted by Gasteiger charge is -2.03. The molecule has 0 radical (unpaired) electrons. The lowest BCUT2D eigenvalue weighted by molar-refractivity contribution is 0.296. The van der Waals surface area contributed by atoms with E-state index in [0.29, 0.717) is 12.4 Å². The molecule has 0 N–H and O–H groups in total. The smallest absolute Gasteiger partial charge is 0.189 e. The summed E-state index contributed by atoms with van der Waals surface area (Å²) in [6.45, 7) is 2.40. The van der Waals surface area contributed by atoms with Crippen LogP contribution in [0.3, 0.4) is 0 Å². The Balaban J connectivity index is 1.78. The number of benzene rings is 1. The van der Waals surface area contributed by atoms with E-state index >= 15 is 0 Å². The summed E-state index contributed by atoms with van der Waals surface area (Å²) in [5.74, 6) is 1.50. The molecule has 5 heteroatoms. The van der Waals surface area contributed by atoms with Crippen molar-refractivity contribution in [3.05, 3.63) is 58.5 Å². The number of fused-ring (bicyclic) bond motifs is 1. The zero-order chi connectivity index (χ0) is 13.2. The van der Waals surface area contributed by atoms with Crippen molar-refractivity contribution < 1.29 is 4.74 Å². The molecule has 0 fully saturated rings. The number of nitrogens with zero attached hydrogens (tertiary/aromatic N) is 3. The zero-order valence-electron chi connectivity index (χ0n) is 10.4. The molecule has 0 unspecified atom stereocenters. The first-order chi connectivity index (χ1) is 9.20. The molecule has 0 amide bonds. The highest BCUT2D eigenvalue weighted by molar-refractivity contribution is 9.10. The fourth-order valence-electron chi connectivity index (χ4n) is 1.82. The van der Waals surface area contributed by atoms with Gasteiger partial charge >= 0.3 is 0 Å². The van der Waals surface area contributed by atoms with Gasteiger partial charge in [0.2, 0.25) is 0 Å². The average Bonchev–Trinajstić information content (AvgIpc) is 2.78. The fourth-order valence-corrected chi connectivity index (χ4v) is 2.14. The van der Waals surface area contributed by atoms with Crippen molar-refractivity contribution in [2.75, 3.05) is 0 Å². The molecule has 0 spiro atoms. The third-order valence-corrected chi connectivity index (χ3v) is 3.17. The maximum atomic E-state index is 5.68. The van der Waals surface area contributed by atoms with Crippen LogP contribution in [-0.4, -0.2) is 14.6 Å². The number of aryl methyl sites for hydroxylation is 1. The minimum Gasteiger partial charge on any atom is -0.486 e. The lowest BCUT2D eigenvalue weighted by Crippen LogP contribution is -1.98. The summed E-state index contributed by atoms with van der Waals surface area (Å²) in [7, 11) is 0. The monoisotopic (exact) mass is 317 g/mol. The van der Waals surface area contributed by atoms with Gasteiger partial charge in [-0.05, 0) is 52.7 Å². The van der Waals surface area contributed by atoms with E-state index in [9.17, 15) is 0 Å². The quantitative estimate of drug-likeness (QED) is 0.743. The van der Waals surface area contributed by atoms with Crippen LogP contribution >= 0.6 is 15.9 Å². The van der Waals surface area contributed by atoms with Crippen LogP contribution in [0.4, 0.5) is 0 Å². The molecule has 0 saturated heterocycles. The highest BCUT2D eigenvalue weighted by Crippen LogP contribution is 2.14. The summed E-state index contributed by atoms with van der Waals surface area (Å²) in [6.07, 6.45) is 1.87. The number of rotatable bonds is 3. The van der Waals surface area contributed by atoms with Crippen LogP contribution in [0.1, 0.15) is 11.4 Å². The molecule has 19 heavy (non-hydrogen) atoms. The normalized spacial score (nSPS) is 10.8. The van der Waals surface area contributed by atoms with E-state index in [-0.39, 0.29) is 0 Å². The van der Waals surface area contributed by atoms with Crippen LogP contribution in [0.25, 0.3) is 5.65 Å². The second kappa shape index (κ2) is 5.01. The number of halogens is 1. The van der Waals surface area contributed by atoms with Crippen molar-refractivity contribution >= 4 is 21.6 Å². The molecule has 96 valence electrons. The predicted molar refractivity (Wildman–Crippen MR) is 76.2 cm³/mol. The molecule has 2 aromatic heterocycles. The SMILES string of the molecule is Cc1cccc(OCc2nc3ccc(Br)cn3n2)c1. The Morgan fingerprint density at radius 2 is 2.16 bits per heavy atom. The second-order valence-corrected chi connectivity index (χ2v) is 5.20. The van der Waals surface area contributed by atoms with Crippen LogP contribution in [0.2, 0.25) is 0 Å². The molecule has 4 nitrogen and oxygen atoms in total. The lowest BCUT2D eigenvalue weighted by atomic mass is 10.2. The van der Waals surface area contributed by atoms with E-state index in [0.717, 1.165) is 15.9 Å². The van der Waals surface area contributed by atoms with Crippen LogP contribution < -0.4 is 4.74 Å². The van der Waals surface area contributed by atoms with Crippen molar-refractivity contribution in [2.45, 2.75) is 13.5 Å². The molecule has 0 saturated carbocycles. The number of aromatic nitrogens is 3. The van der Waals surface area contributed by atoms with Crippen LogP contribution in [0, 0.1) is 6.92 Å². The van der Waals surface area contributed by atoms with Gasteiger partial charge in [-0.2, -0.15) is 0 Å². The third kappa shape index (κ3) is 2.76. The topological polar surface area (TPSA) is 39.4 Å². The molecule has 0 aliphatic carbocycles. The van der Waals surface area contributed by atoms with E-state index in [4.69, 9.17) is 4.74 Å². The molecule has 2 heterocycles. The Morgan fingerprint density at radius 1 is 1.26 bits per heavy atom. The minimum absolute atomic E-state index is 0.364. The average molecular weight is 318 g/mol. The van der Waals surface area contributed by atoms with Crippen molar-refractivity contribution in [3.8, 4) is 5.75 Å². The number of hydrogen-bond acceptors (Lipinski definition) is 3. The van der Waals surface area contributed by atoms with Gasteiger partial charge in [0.15, 0.2) is 11.5 Å². The second-order valence-electron chi connectivity index (χ2n) is 4.28. The third-order valence-electron chi connectivity index (χ3n) is 2.70. The molecular formula is C14H12BrN3O. The first-order valence-corrected chi connectivity index (χ1v) is 6.70. The van der Waals surface area contributed by atoms with Gasteiger partial charge in [-0.15, -0.1) is 5.10 Å². The minimum atomic E-state index is 0.364. The molecule has 0 atom stereocenters. The highest BCUT2D eigenvalue weighted by Gasteiger charge is 2.04. The molecule has 1 aromatic carbocycles. The molecule has 0 bridgehead atoms. The van der Waals surface area contributed by atoms with Gasteiger partial charge in [-0.25, -0.2) is 9.50 Å². The van der Waals surface area contributed by atoms with Gasteiger partial charge in [0.05, 0.1) is 0 Å². The van der Waals surface area contributed by atoms with Gasteiger partial charge in [0.1, 0.15) is 12.4 Å². The number of hydrogen-bond donors (Lipinski definition) is 0. The Bertz CT molecular complexity index is 724. The first-order valence-electron chi connectivity index (χ1n) is 5.91. The van der Waals surface area contributed by atoms with E-state index < -0.39 is 0 Å². The van der Waals surface area contributed by atoms with E-state index in [2.05, 4.69) is 26.0 Å². The fraction of sp³-hybridized carbons (Fsp3) is 0.143. The van der Waals surface area contributed by atoms with Gasteiger partial charge < -0.3 is 4.74 Å². The summed E-state index contributed by atoms with van der Waals surface area (Å²) >= 11 is 3.41. The summed E-state index contributed by atoms with van der Waals surface area (Å²) in [5, 5.41) is 4.36. The van der Waals surface area contributed by atoms with Crippen LogP contribution in [0.5, 0.6) is 5.75 Å². The zero-order valence-corrected chi connectivity index (χ0v) is 12.0. The van der Waals surface area contributed by atoms with Gasteiger partial charge in [-0.1, -0.05) is 12.1 Å². The largest absolute Gasteiger partial charge is 0.486 e. The number of ether oxygens (including phenoxy) is 1. The van der Waals surface area contributed by atoms with Crippen molar-refractivity contribution in [3.63, 3.8) is 0 Å². The van der Waals surface area contributed by atoms with Crippen molar-refractivity contribution in [2.24, 2.45) is 0 Å². The predicted octanol–water partition coefficient (Wildman–Crippen LogP) is 3.38. The molecule has 0 aliphatic rings. The Morgan fingerprint density at radius 3 is 3.00 bits per heavy atom. The van der Waals surface area contributed by atoms with E-state index in [1.165, 1.54) is 5.56 Å². The molecule has 3 aromatic rings.